The van der Waals surface area contributed by atoms with Gasteiger partial charge >= 0.3 is 11.9 Å². The maximum atomic E-state index is 13.7. The Morgan fingerprint density at radius 1 is 0.951 bits per heavy atom. The van der Waals surface area contributed by atoms with Gasteiger partial charge in [0.1, 0.15) is 0 Å². The molecule has 0 spiro atoms. The van der Waals surface area contributed by atoms with Crippen LogP contribution in [0.5, 0.6) is 0 Å². The summed E-state index contributed by atoms with van der Waals surface area (Å²) in [5.74, 6) is -0.698. The first kappa shape index (κ1) is 26.9. The van der Waals surface area contributed by atoms with Crippen molar-refractivity contribution < 1.29 is 18.0 Å². The summed E-state index contributed by atoms with van der Waals surface area (Å²) in [7, 11) is 0. The molecule has 0 aliphatic heterocycles. The highest BCUT2D eigenvalue weighted by Crippen LogP contribution is 2.32. The fourth-order valence-electron chi connectivity index (χ4n) is 5.57. The van der Waals surface area contributed by atoms with Crippen molar-refractivity contribution in [3.8, 4) is 5.69 Å². The lowest BCUT2D eigenvalue weighted by atomic mass is 9.85. The maximum absolute atomic E-state index is 13.7. The highest BCUT2D eigenvalue weighted by atomic mass is 35.5. The molecule has 210 valence electrons. The van der Waals surface area contributed by atoms with E-state index in [9.17, 15) is 22.8 Å². The van der Waals surface area contributed by atoms with Crippen molar-refractivity contribution in [1.82, 2.24) is 29.4 Å². The molecular weight excluding hydrogens is 557 g/mol. The molecule has 0 bridgehead atoms. The van der Waals surface area contributed by atoms with Gasteiger partial charge in [-0.25, -0.2) is 9.78 Å². The molecule has 1 N–H and O–H groups in total. The summed E-state index contributed by atoms with van der Waals surface area (Å²) in [5.41, 5.74) is 1.67. The molecule has 0 atom stereocenters. The van der Waals surface area contributed by atoms with E-state index in [1.165, 1.54) is 0 Å². The number of carbonyl (C=O) groups is 1. The lowest BCUT2D eigenvalue weighted by Crippen LogP contribution is -2.39. The average Bonchev–Trinajstić information content (AvgIpc) is 3.23. The number of aromatic nitrogens is 5. The van der Waals surface area contributed by atoms with E-state index in [4.69, 9.17) is 11.6 Å². The highest BCUT2D eigenvalue weighted by molar-refractivity contribution is 6.30. The number of alkyl halides is 3. The molecule has 1 aliphatic carbocycles. The van der Waals surface area contributed by atoms with E-state index >= 15 is 0 Å². The largest absolute Gasteiger partial charge is 0.434 e. The summed E-state index contributed by atoms with van der Waals surface area (Å²) in [5, 5.41) is 2.67. The van der Waals surface area contributed by atoms with Gasteiger partial charge in [0.25, 0.3) is 5.91 Å². The van der Waals surface area contributed by atoms with Crippen molar-refractivity contribution in [2.45, 2.75) is 44.4 Å². The lowest BCUT2D eigenvalue weighted by Gasteiger charge is -2.29. The number of imidazole rings is 1. The van der Waals surface area contributed by atoms with Crippen molar-refractivity contribution in [3.63, 3.8) is 0 Å². The Morgan fingerprint density at radius 3 is 2.39 bits per heavy atom. The zero-order valence-corrected chi connectivity index (χ0v) is 22.4. The smallest absolute Gasteiger partial charge is 0.349 e. The number of hydrogen-bond acceptors (Lipinski definition) is 5. The molecule has 2 aromatic carbocycles. The Balaban J connectivity index is 1.19. The van der Waals surface area contributed by atoms with E-state index in [0.29, 0.717) is 43.4 Å². The van der Waals surface area contributed by atoms with E-state index in [1.54, 1.807) is 21.5 Å². The number of nitrogens with zero attached hydrogens (tertiary/aromatic N) is 5. The number of benzene rings is 2. The Morgan fingerprint density at radius 2 is 1.66 bits per heavy atom. The van der Waals surface area contributed by atoms with Crippen LogP contribution in [-0.4, -0.2) is 36.0 Å². The molecule has 0 saturated heterocycles. The summed E-state index contributed by atoms with van der Waals surface area (Å²) in [4.78, 5) is 38.5. The molecule has 1 fully saturated rings. The summed E-state index contributed by atoms with van der Waals surface area (Å²) in [6.07, 6.45) is 1.86. The van der Waals surface area contributed by atoms with Gasteiger partial charge in [0.15, 0.2) is 5.69 Å². The highest BCUT2D eigenvalue weighted by Gasteiger charge is 2.38. The van der Waals surface area contributed by atoms with E-state index in [-0.39, 0.29) is 22.7 Å². The Bertz CT molecular complexity index is 1830. The SMILES string of the molecule is O=C(NC1CCC(Cn2c(=O)n(-c3ccc4nccnc4c3)c3ccccc32)CC1)c1cc(Cl)cnc1C(F)(F)F. The zero-order chi connectivity index (χ0) is 28.7. The van der Waals surface area contributed by atoms with Crippen molar-refractivity contribution in [2.75, 3.05) is 0 Å². The minimum Gasteiger partial charge on any atom is -0.349 e. The van der Waals surface area contributed by atoms with Crippen LogP contribution in [-0.2, 0) is 12.7 Å². The average molecular weight is 581 g/mol. The predicted octanol–water partition coefficient (Wildman–Crippen LogP) is 5.79. The fourth-order valence-corrected chi connectivity index (χ4v) is 5.73. The second-order valence-corrected chi connectivity index (χ2v) is 10.6. The zero-order valence-electron chi connectivity index (χ0n) is 21.6. The number of pyridine rings is 1. The summed E-state index contributed by atoms with van der Waals surface area (Å²) in [6.45, 7) is 0.483. The van der Waals surface area contributed by atoms with E-state index < -0.39 is 23.3 Å². The standard InChI is InChI=1S/C29H24ClF3N6O2/c30-18-13-21(26(36-15-18)29(31,32)33)27(40)37-19-7-5-17(6-8-19)16-38-24-3-1-2-4-25(24)39(28(38)41)20-9-10-22-23(14-20)35-12-11-34-22/h1-4,9-15,17,19H,5-8,16H2,(H,37,40). The van der Waals surface area contributed by atoms with Crippen LogP contribution in [0.3, 0.4) is 0 Å². The van der Waals surface area contributed by atoms with Crippen molar-refractivity contribution >= 4 is 39.6 Å². The number of halogens is 4. The number of rotatable bonds is 5. The molecule has 1 amide bonds. The van der Waals surface area contributed by atoms with Gasteiger partial charge in [0.2, 0.25) is 0 Å². The molecule has 6 rings (SSSR count). The molecular formula is C29H24ClF3N6O2. The first-order valence-electron chi connectivity index (χ1n) is 13.1. The number of carbonyl (C=O) groups excluding carboxylic acids is 1. The van der Waals surface area contributed by atoms with Gasteiger partial charge in [-0.05, 0) is 68.0 Å². The van der Waals surface area contributed by atoms with Gasteiger partial charge in [0, 0.05) is 31.2 Å². The number of para-hydroxylation sites is 2. The molecule has 1 aliphatic rings. The first-order valence-corrected chi connectivity index (χ1v) is 13.5. The van der Waals surface area contributed by atoms with Gasteiger partial charge in [-0.2, -0.15) is 13.2 Å². The van der Waals surface area contributed by atoms with Crippen LogP contribution in [0, 0.1) is 5.92 Å². The molecule has 5 aromatic rings. The molecule has 8 nitrogen and oxygen atoms in total. The van der Waals surface area contributed by atoms with Gasteiger partial charge < -0.3 is 5.32 Å². The molecule has 0 radical (unpaired) electrons. The molecule has 41 heavy (non-hydrogen) atoms. The van der Waals surface area contributed by atoms with Crippen LogP contribution in [0.2, 0.25) is 5.02 Å². The monoisotopic (exact) mass is 580 g/mol. The number of amides is 1. The van der Waals surface area contributed by atoms with Crippen LogP contribution in [0.15, 0.2) is 71.9 Å². The van der Waals surface area contributed by atoms with Gasteiger partial charge in [-0.15, -0.1) is 0 Å². The number of nitrogens with one attached hydrogen (secondary N) is 1. The lowest BCUT2D eigenvalue weighted by molar-refractivity contribution is -0.141. The van der Waals surface area contributed by atoms with Crippen LogP contribution < -0.4 is 11.0 Å². The van der Waals surface area contributed by atoms with E-state index in [0.717, 1.165) is 28.8 Å². The molecule has 0 unspecified atom stereocenters. The van der Waals surface area contributed by atoms with E-state index in [1.807, 2.05) is 42.5 Å². The van der Waals surface area contributed by atoms with E-state index in [2.05, 4.69) is 20.3 Å². The van der Waals surface area contributed by atoms with Crippen LogP contribution in [0.25, 0.3) is 27.8 Å². The van der Waals surface area contributed by atoms with Gasteiger partial charge in [0.05, 0.1) is 38.3 Å². The topological polar surface area (TPSA) is 94.7 Å². The fraction of sp³-hybridized carbons (Fsp3) is 0.276. The molecule has 1 saturated carbocycles. The van der Waals surface area contributed by atoms with Crippen LogP contribution >= 0.6 is 11.6 Å². The third-order valence-electron chi connectivity index (χ3n) is 7.54. The Labute approximate surface area is 236 Å². The Kier molecular flexibility index (Phi) is 6.98. The van der Waals surface area contributed by atoms with Crippen LogP contribution in [0.1, 0.15) is 41.7 Å². The normalized spacial score (nSPS) is 17.7. The number of fused-ring (bicyclic) bond motifs is 2. The summed E-state index contributed by atoms with van der Waals surface area (Å²) >= 11 is 5.83. The van der Waals surface area contributed by atoms with Gasteiger partial charge in [-0.1, -0.05) is 23.7 Å². The summed E-state index contributed by atoms with van der Waals surface area (Å²) in [6, 6.07) is 13.8. The van der Waals surface area contributed by atoms with Crippen LogP contribution in [0.4, 0.5) is 13.2 Å². The van der Waals surface area contributed by atoms with Gasteiger partial charge in [-0.3, -0.25) is 23.9 Å². The minimum absolute atomic E-state index is 0.0481. The maximum Gasteiger partial charge on any atom is 0.434 e. The third-order valence-corrected chi connectivity index (χ3v) is 7.74. The van der Waals surface area contributed by atoms with Crippen molar-refractivity contribution in [3.05, 3.63) is 93.9 Å². The third kappa shape index (κ3) is 5.29. The van der Waals surface area contributed by atoms with Crippen molar-refractivity contribution in [1.29, 1.82) is 0 Å². The second-order valence-electron chi connectivity index (χ2n) is 10.2. The Hall–Kier alpha value is -4.25. The summed E-state index contributed by atoms with van der Waals surface area (Å²) < 4.78 is 43.6. The second kappa shape index (κ2) is 10.6. The first-order chi connectivity index (χ1) is 19.7. The molecule has 3 heterocycles. The molecule has 3 aromatic heterocycles. The molecule has 12 heteroatoms. The quantitative estimate of drug-likeness (QED) is 0.284. The minimum atomic E-state index is -4.78. The predicted molar refractivity (Wildman–Crippen MR) is 148 cm³/mol. The van der Waals surface area contributed by atoms with Crippen molar-refractivity contribution in [2.24, 2.45) is 5.92 Å². The number of hydrogen-bond donors (Lipinski definition) is 1.